The molecule has 2 aromatic carbocycles. The fraction of sp³-hybridized carbons (Fsp3) is 0.438. The quantitative estimate of drug-likeness (QED) is 0.406. The second kappa shape index (κ2) is 12.7. The molecule has 3 heterocycles. The van der Waals surface area contributed by atoms with Crippen molar-refractivity contribution in [2.24, 2.45) is 7.05 Å². The summed E-state index contributed by atoms with van der Waals surface area (Å²) in [6.07, 6.45) is 1.26. The maximum atomic E-state index is 15.2. The first kappa shape index (κ1) is 31.1. The van der Waals surface area contributed by atoms with E-state index in [0.717, 1.165) is 23.4 Å². The van der Waals surface area contributed by atoms with Crippen LogP contribution in [0.15, 0.2) is 29.1 Å². The smallest absolute Gasteiger partial charge is 0.328 e. The fourth-order valence-electron chi connectivity index (χ4n) is 5.77. The van der Waals surface area contributed by atoms with E-state index in [-0.39, 0.29) is 23.7 Å². The number of rotatable bonds is 7. The Bertz CT molecular complexity index is 1650. The molecule has 10 nitrogen and oxygen atoms in total. The highest BCUT2D eigenvalue weighted by Crippen LogP contribution is 2.37. The molecule has 0 spiro atoms. The van der Waals surface area contributed by atoms with Crippen molar-refractivity contribution < 1.29 is 32.6 Å². The van der Waals surface area contributed by atoms with Crippen LogP contribution in [-0.2, 0) is 34.2 Å². The lowest BCUT2D eigenvalue weighted by atomic mass is 9.91. The Morgan fingerprint density at radius 2 is 1.91 bits per heavy atom. The highest BCUT2D eigenvalue weighted by molar-refractivity contribution is 5.97. The van der Waals surface area contributed by atoms with Gasteiger partial charge in [-0.3, -0.25) is 9.59 Å². The lowest BCUT2D eigenvalue weighted by Gasteiger charge is -2.35. The van der Waals surface area contributed by atoms with Gasteiger partial charge in [-0.05, 0) is 62.9 Å². The van der Waals surface area contributed by atoms with Crippen LogP contribution < -0.4 is 20.5 Å². The summed E-state index contributed by atoms with van der Waals surface area (Å²) in [5.41, 5.74) is 2.91. The summed E-state index contributed by atoms with van der Waals surface area (Å²) >= 11 is 0. The standard InChI is InChI=1S/C32H36F2N4O6/c1-17-16-43-12-10-38(17)21-14-24(33)27(25(34)15-21)30(39)36-26(32(41)42-5)13-20-8-9-23(29-22(20)7-6-11-44-29)28-31(40)37(4)19(3)18(2)35-28/h8-9,14-15,17,26H,6-7,10-13,16H2,1-5H3,(H,36,39)/t17-,26-/m0/s1. The Hall–Kier alpha value is -4.32. The molecule has 1 saturated heterocycles. The van der Waals surface area contributed by atoms with Crippen molar-refractivity contribution in [3.63, 3.8) is 0 Å². The van der Waals surface area contributed by atoms with E-state index in [1.54, 1.807) is 19.2 Å². The molecule has 0 aliphatic carbocycles. The maximum Gasteiger partial charge on any atom is 0.328 e. The number of nitrogens with zero attached hydrogens (tertiary/aromatic N) is 3. The summed E-state index contributed by atoms with van der Waals surface area (Å²) in [4.78, 5) is 45.5. The molecule has 0 unspecified atom stereocenters. The van der Waals surface area contributed by atoms with E-state index in [1.807, 2.05) is 25.7 Å². The van der Waals surface area contributed by atoms with Crippen LogP contribution >= 0.6 is 0 Å². The molecule has 3 aromatic rings. The Morgan fingerprint density at radius 1 is 1.18 bits per heavy atom. The van der Waals surface area contributed by atoms with Gasteiger partial charge in [0.05, 0.1) is 32.6 Å². The predicted molar refractivity (Wildman–Crippen MR) is 159 cm³/mol. The Kier molecular flexibility index (Phi) is 9.00. The number of benzene rings is 2. The third-order valence-electron chi connectivity index (χ3n) is 8.41. The highest BCUT2D eigenvalue weighted by Gasteiger charge is 2.30. The number of carbonyl (C=O) groups excluding carboxylic acids is 2. The number of ether oxygens (including phenoxy) is 3. The van der Waals surface area contributed by atoms with Gasteiger partial charge in [0.1, 0.15) is 34.7 Å². The van der Waals surface area contributed by atoms with Gasteiger partial charge in [-0.15, -0.1) is 0 Å². The minimum Gasteiger partial charge on any atom is -0.493 e. The van der Waals surface area contributed by atoms with Crippen molar-refractivity contribution in [3.8, 4) is 17.0 Å². The summed E-state index contributed by atoms with van der Waals surface area (Å²) in [6, 6.07) is 4.34. The summed E-state index contributed by atoms with van der Waals surface area (Å²) in [5, 5.41) is 2.47. The van der Waals surface area contributed by atoms with Gasteiger partial charge in [-0.2, -0.15) is 0 Å². The second-order valence-electron chi connectivity index (χ2n) is 11.2. The van der Waals surface area contributed by atoms with Crippen LogP contribution in [-0.4, -0.2) is 67.0 Å². The molecule has 12 heteroatoms. The number of halogens is 2. The largest absolute Gasteiger partial charge is 0.493 e. The van der Waals surface area contributed by atoms with Crippen molar-refractivity contribution >= 4 is 17.6 Å². The van der Waals surface area contributed by atoms with Crippen LogP contribution in [0.1, 0.15) is 46.2 Å². The number of hydrogen-bond donors (Lipinski definition) is 1. The lowest BCUT2D eigenvalue weighted by Crippen LogP contribution is -2.44. The summed E-state index contributed by atoms with van der Waals surface area (Å²) < 4.78 is 48.4. The molecule has 1 amide bonds. The molecule has 1 fully saturated rings. The first-order valence-corrected chi connectivity index (χ1v) is 14.6. The average Bonchev–Trinajstić information content (AvgIpc) is 3.01. The van der Waals surface area contributed by atoms with Crippen LogP contribution in [0.25, 0.3) is 11.3 Å². The maximum absolute atomic E-state index is 15.2. The molecular weight excluding hydrogens is 574 g/mol. The first-order valence-electron chi connectivity index (χ1n) is 14.6. The van der Waals surface area contributed by atoms with Crippen molar-refractivity contribution in [1.82, 2.24) is 14.9 Å². The number of carbonyl (C=O) groups is 2. The van der Waals surface area contributed by atoms with Gasteiger partial charge in [0, 0.05) is 43.0 Å². The number of aromatic nitrogens is 2. The molecular formula is C32H36F2N4O6. The minimum absolute atomic E-state index is 0.0324. The third kappa shape index (κ3) is 5.90. The Labute approximate surface area is 253 Å². The molecule has 2 aliphatic rings. The van der Waals surface area contributed by atoms with Gasteiger partial charge in [0.25, 0.3) is 11.5 Å². The lowest BCUT2D eigenvalue weighted by molar-refractivity contribution is -0.142. The van der Waals surface area contributed by atoms with E-state index in [1.165, 1.54) is 11.7 Å². The number of hydrogen-bond acceptors (Lipinski definition) is 8. The topological polar surface area (TPSA) is 112 Å². The molecule has 2 aliphatic heterocycles. The van der Waals surface area contributed by atoms with Crippen LogP contribution in [0.4, 0.5) is 14.5 Å². The molecule has 0 radical (unpaired) electrons. The van der Waals surface area contributed by atoms with Crippen LogP contribution in [0.3, 0.4) is 0 Å². The normalized spacial score (nSPS) is 17.0. The van der Waals surface area contributed by atoms with Gasteiger partial charge >= 0.3 is 5.97 Å². The zero-order chi connectivity index (χ0) is 31.7. The van der Waals surface area contributed by atoms with E-state index in [9.17, 15) is 14.4 Å². The van der Waals surface area contributed by atoms with Crippen molar-refractivity contribution in [3.05, 3.63) is 74.3 Å². The molecule has 0 saturated carbocycles. The van der Waals surface area contributed by atoms with Gasteiger partial charge in [-0.1, -0.05) is 6.07 Å². The van der Waals surface area contributed by atoms with Crippen LogP contribution in [0, 0.1) is 25.5 Å². The van der Waals surface area contributed by atoms with Crippen molar-refractivity contribution in [2.45, 2.75) is 52.1 Å². The van der Waals surface area contributed by atoms with E-state index in [4.69, 9.17) is 14.2 Å². The monoisotopic (exact) mass is 610 g/mol. The molecule has 0 bridgehead atoms. The summed E-state index contributed by atoms with van der Waals surface area (Å²) in [6.45, 7) is 7.25. The Balaban J connectivity index is 1.45. The van der Waals surface area contributed by atoms with Crippen molar-refractivity contribution in [1.29, 1.82) is 0 Å². The number of esters is 1. The summed E-state index contributed by atoms with van der Waals surface area (Å²) in [5.74, 6) is -3.46. The summed E-state index contributed by atoms with van der Waals surface area (Å²) in [7, 11) is 2.85. The van der Waals surface area contributed by atoms with Crippen LogP contribution in [0.5, 0.6) is 5.75 Å². The average molecular weight is 611 g/mol. The zero-order valence-corrected chi connectivity index (χ0v) is 25.5. The van der Waals surface area contributed by atoms with Crippen LogP contribution in [0.2, 0.25) is 0 Å². The SMILES string of the molecule is COC(=O)[C@H](Cc1ccc(-c2nc(C)c(C)n(C)c2=O)c2c1CCCO2)NC(=O)c1c(F)cc(N2CCOC[C@@H]2C)cc1F. The molecule has 5 rings (SSSR count). The second-order valence-corrected chi connectivity index (χ2v) is 11.2. The number of amides is 1. The molecule has 1 aromatic heterocycles. The molecule has 234 valence electrons. The predicted octanol–water partition coefficient (Wildman–Crippen LogP) is 3.41. The van der Waals surface area contributed by atoms with Gasteiger partial charge in [0.2, 0.25) is 0 Å². The van der Waals surface area contributed by atoms with E-state index >= 15 is 8.78 Å². The van der Waals surface area contributed by atoms with E-state index in [2.05, 4.69) is 10.3 Å². The Morgan fingerprint density at radius 3 is 2.59 bits per heavy atom. The number of morpholine rings is 1. The molecule has 44 heavy (non-hydrogen) atoms. The molecule has 1 N–H and O–H groups in total. The number of fused-ring (bicyclic) bond motifs is 1. The molecule has 2 atom stereocenters. The fourth-order valence-corrected chi connectivity index (χ4v) is 5.77. The zero-order valence-electron chi connectivity index (χ0n) is 25.5. The number of aryl methyl sites for hydroxylation is 1. The van der Waals surface area contributed by atoms with Gasteiger partial charge < -0.3 is 29.0 Å². The highest BCUT2D eigenvalue weighted by atomic mass is 19.1. The third-order valence-corrected chi connectivity index (χ3v) is 8.41. The van der Waals surface area contributed by atoms with Gasteiger partial charge in [0.15, 0.2) is 0 Å². The number of nitrogens with one attached hydrogen (secondary N) is 1. The van der Waals surface area contributed by atoms with E-state index in [0.29, 0.717) is 67.5 Å². The van der Waals surface area contributed by atoms with E-state index < -0.39 is 35.1 Å². The number of methoxy groups -OCH3 is 1. The van der Waals surface area contributed by atoms with Crippen molar-refractivity contribution in [2.75, 3.05) is 38.4 Å². The first-order chi connectivity index (χ1) is 21.0. The minimum atomic E-state index is -1.25. The van der Waals surface area contributed by atoms with Gasteiger partial charge in [-0.25, -0.2) is 18.6 Å². The number of anilines is 1.